The zero-order valence-corrected chi connectivity index (χ0v) is 12.3. The first-order chi connectivity index (χ1) is 8.65. The van der Waals surface area contributed by atoms with Gasteiger partial charge in [-0.05, 0) is 38.3 Å². The molecule has 1 fully saturated rings. The van der Waals surface area contributed by atoms with Crippen LogP contribution in [-0.4, -0.2) is 36.7 Å². The third kappa shape index (κ3) is 2.77. The molecule has 1 aromatic heterocycles. The van der Waals surface area contributed by atoms with E-state index in [2.05, 4.69) is 43.3 Å². The minimum absolute atomic E-state index is 0.182. The minimum Gasteiger partial charge on any atom is -0.377 e. The number of hydrogen-bond donors (Lipinski definition) is 1. The highest BCUT2D eigenvalue weighted by atomic mass is 32.1. The maximum atomic E-state index is 6.35. The predicted octanol–water partition coefficient (Wildman–Crippen LogP) is 2.64. The Kier molecular flexibility index (Phi) is 4.78. The summed E-state index contributed by atoms with van der Waals surface area (Å²) in [7, 11) is 2.19. The molecule has 0 radical (unpaired) electrons. The van der Waals surface area contributed by atoms with Crippen molar-refractivity contribution in [2.75, 3.05) is 13.7 Å². The molecule has 1 saturated heterocycles. The molecule has 2 N–H and O–H groups in total. The number of nitrogens with zero attached hydrogens (tertiary/aromatic N) is 1. The molecule has 0 saturated carbocycles. The van der Waals surface area contributed by atoms with Gasteiger partial charge in [-0.1, -0.05) is 13.0 Å². The molecule has 0 bridgehead atoms. The van der Waals surface area contributed by atoms with Crippen LogP contribution in [0, 0.1) is 0 Å². The van der Waals surface area contributed by atoms with Crippen LogP contribution in [0.1, 0.15) is 37.6 Å². The number of nitrogens with two attached hydrogens (primary N) is 1. The summed E-state index contributed by atoms with van der Waals surface area (Å²) in [6.45, 7) is 5.19. The van der Waals surface area contributed by atoms with Gasteiger partial charge in [0, 0.05) is 23.6 Å². The quantitative estimate of drug-likeness (QED) is 0.892. The third-order valence-electron chi connectivity index (χ3n) is 4.01. The second kappa shape index (κ2) is 6.15. The van der Waals surface area contributed by atoms with Crippen LogP contribution < -0.4 is 5.73 Å². The van der Waals surface area contributed by atoms with Crippen LogP contribution in [0.2, 0.25) is 0 Å². The molecule has 18 heavy (non-hydrogen) atoms. The smallest absolute Gasteiger partial charge is 0.0703 e. The van der Waals surface area contributed by atoms with Crippen LogP contribution in [0.4, 0.5) is 0 Å². The highest BCUT2D eigenvalue weighted by molar-refractivity contribution is 7.10. The van der Waals surface area contributed by atoms with E-state index in [4.69, 9.17) is 10.5 Å². The summed E-state index contributed by atoms with van der Waals surface area (Å²) in [6, 6.07) is 5.28. The normalized spacial score (nSPS) is 27.6. The van der Waals surface area contributed by atoms with Crippen molar-refractivity contribution in [3.63, 3.8) is 0 Å². The molecule has 3 nitrogen and oxygen atoms in total. The Bertz CT molecular complexity index is 355. The standard InChI is InChI=1S/C14H24N2OS/c1-4-11(15)14(13-6-5-9-18-13)16(3)12-7-8-17-10(12)2/h5-6,9-12,14H,4,7-8,15H2,1-3H3. The molecule has 0 aliphatic carbocycles. The average Bonchev–Trinajstić information content (AvgIpc) is 3.00. The van der Waals surface area contributed by atoms with Crippen LogP contribution in [0.15, 0.2) is 17.5 Å². The Morgan fingerprint density at radius 3 is 2.89 bits per heavy atom. The highest BCUT2D eigenvalue weighted by Gasteiger charge is 2.34. The van der Waals surface area contributed by atoms with E-state index in [-0.39, 0.29) is 6.04 Å². The van der Waals surface area contributed by atoms with E-state index in [1.165, 1.54) is 4.88 Å². The van der Waals surface area contributed by atoms with E-state index in [9.17, 15) is 0 Å². The maximum absolute atomic E-state index is 6.35. The topological polar surface area (TPSA) is 38.5 Å². The van der Waals surface area contributed by atoms with Gasteiger partial charge in [0.2, 0.25) is 0 Å². The van der Waals surface area contributed by atoms with Crippen molar-refractivity contribution in [1.29, 1.82) is 0 Å². The Balaban J connectivity index is 2.18. The van der Waals surface area contributed by atoms with Crippen LogP contribution >= 0.6 is 11.3 Å². The first-order valence-corrected chi connectivity index (χ1v) is 7.65. The lowest BCUT2D eigenvalue weighted by Gasteiger charge is -2.37. The number of thiophene rings is 1. The van der Waals surface area contributed by atoms with Crippen molar-refractivity contribution in [2.24, 2.45) is 5.73 Å². The van der Waals surface area contributed by atoms with Gasteiger partial charge in [-0.3, -0.25) is 4.90 Å². The van der Waals surface area contributed by atoms with E-state index in [1.807, 2.05) is 0 Å². The third-order valence-corrected chi connectivity index (χ3v) is 4.95. The number of ether oxygens (including phenoxy) is 1. The molecule has 0 amide bonds. The van der Waals surface area contributed by atoms with Crippen molar-refractivity contribution in [1.82, 2.24) is 4.90 Å². The molecule has 4 heteroatoms. The zero-order chi connectivity index (χ0) is 13.1. The van der Waals surface area contributed by atoms with E-state index >= 15 is 0 Å². The molecular weight excluding hydrogens is 244 g/mol. The maximum Gasteiger partial charge on any atom is 0.0703 e. The lowest BCUT2D eigenvalue weighted by molar-refractivity contribution is 0.0617. The number of rotatable bonds is 5. The molecule has 4 atom stereocenters. The van der Waals surface area contributed by atoms with Gasteiger partial charge in [-0.15, -0.1) is 11.3 Å². The van der Waals surface area contributed by atoms with Gasteiger partial charge in [0.05, 0.1) is 12.1 Å². The fraction of sp³-hybridized carbons (Fsp3) is 0.714. The van der Waals surface area contributed by atoms with Gasteiger partial charge in [0.25, 0.3) is 0 Å². The SMILES string of the molecule is CCC(N)C(c1cccs1)N(C)C1CCOC1C. The molecule has 4 unspecified atom stereocenters. The minimum atomic E-state index is 0.182. The molecule has 1 aliphatic rings. The van der Waals surface area contributed by atoms with Crippen LogP contribution in [0.25, 0.3) is 0 Å². The number of hydrogen-bond acceptors (Lipinski definition) is 4. The highest BCUT2D eigenvalue weighted by Crippen LogP contribution is 2.32. The Labute approximate surface area is 114 Å². The van der Waals surface area contributed by atoms with Crippen molar-refractivity contribution in [3.8, 4) is 0 Å². The van der Waals surface area contributed by atoms with Gasteiger partial charge < -0.3 is 10.5 Å². The number of likely N-dealkylation sites (N-methyl/N-ethyl adjacent to an activating group) is 1. The second-order valence-electron chi connectivity index (χ2n) is 5.13. The molecule has 1 aromatic rings. The van der Waals surface area contributed by atoms with E-state index in [0.717, 1.165) is 19.4 Å². The fourth-order valence-corrected chi connectivity index (χ4v) is 3.81. The van der Waals surface area contributed by atoms with Gasteiger partial charge in [0.1, 0.15) is 0 Å². The van der Waals surface area contributed by atoms with Crippen molar-refractivity contribution >= 4 is 11.3 Å². The summed E-state index contributed by atoms with van der Waals surface area (Å²) < 4.78 is 5.69. The van der Waals surface area contributed by atoms with Crippen molar-refractivity contribution < 1.29 is 4.74 Å². The fourth-order valence-electron chi connectivity index (χ4n) is 2.86. The summed E-state index contributed by atoms with van der Waals surface area (Å²) in [4.78, 5) is 3.79. The summed E-state index contributed by atoms with van der Waals surface area (Å²) in [6.07, 6.45) is 2.41. The Morgan fingerprint density at radius 1 is 1.61 bits per heavy atom. The van der Waals surface area contributed by atoms with Gasteiger partial charge >= 0.3 is 0 Å². The molecule has 0 spiro atoms. The first-order valence-electron chi connectivity index (χ1n) is 6.77. The monoisotopic (exact) mass is 268 g/mol. The summed E-state index contributed by atoms with van der Waals surface area (Å²) in [5.41, 5.74) is 6.35. The van der Waals surface area contributed by atoms with E-state index < -0.39 is 0 Å². The molecular formula is C14H24N2OS. The molecule has 1 aliphatic heterocycles. The lowest BCUT2D eigenvalue weighted by atomic mass is 9.99. The Hall–Kier alpha value is -0.420. The lowest BCUT2D eigenvalue weighted by Crippen LogP contribution is -2.46. The van der Waals surface area contributed by atoms with Crippen LogP contribution in [0.5, 0.6) is 0 Å². The Morgan fingerprint density at radius 2 is 2.39 bits per heavy atom. The van der Waals surface area contributed by atoms with Gasteiger partial charge in [-0.25, -0.2) is 0 Å². The molecule has 102 valence electrons. The summed E-state index contributed by atoms with van der Waals surface area (Å²) in [5, 5.41) is 2.13. The molecule has 2 rings (SSSR count). The predicted molar refractivity (Wildman–Crippen MR) is 76.9 cm³/mol. The average molecular weight is 268 g/mol. The first kappa shape index (κ1) is 14.0. The zero-order valence-electron chi connectivity index (χ0n) is 11.5. The molecule has 2 heterocycles. The van der Waals surface area contributed by atoms with E-state index in [1.54, 1.807) is 11.3 Å². The molecule has 0 aromatic carbocycles. The van der Waals surface area contributed by atoms with Crippen LogP contribution in [-0.2, 0) is 4.74 Å². The second-order valence-corrected chi connectivity index (χ2v) is 6.11. The van der Waals surface area contributed by atoms with Gasteiger partial charge in [0.15, 0.2) is 0 Å². The van der Waals surface area contributed by atoms with E-state index in [0.29, 0.717) is 18.2 Å². The van der Waals surface area contributed by atoms with Gasteiger partial charge in [-0.2, -0.15) is 0 Å². The summed E-state index contributed by atoms with van der Waals surface area (Å²) in [5.74, 6) is 0. The summed E-state index contributed by atoms with van der Waals surface area (Å²) >= 11 is 1.80. The van der Waals surface area contributed by atoms with Crippen LogP contribution in [0.3, 0.4) is 0 Å². The van der Waals surface area contributed by atoms with Crippen molar-refractivity contribution in [3.05, 3.63) is 22.4 Å². The largest absolute Gasteiger partial charge is 0.377 e. The van der Waals surface area contributed by atoms with Crippen molar-refractivity contribution in [2.45, 2.75) is 50.9 Å².